The summed E-state index contributed by atoms with van der Waals surface area (Å²) in [5.74, 6) is 0.501. The summed E-state index contributed by atoms with van der Waals surface area (Å²) in [6.07, 6.45) is 4.73. The number of nitrogens with zero attached hydrogens (tertiary/aromatic N) is 1. The van der Waals surface area contributed by atoms with Crippen LogP contribution in [0.3, 0.4) is 0 Å². The van der Waals surface area contributed by atoms with Gasteiger partial charge in [0.1, 0.15) is 11.4 Å². The highest BCUT2D eigenvalue weighted by molar-refractivity contribution is 5.97. The third kappa shape index (κ3) is 3.68. The third-order valence-corrected chi connectivity index (χ3v) is 4.44. The molecule has 2 fully saturated rings. The molecule has 1 aromatic heterocycles. The number of piperidine rings is 1. The number of rotatable bonds is 5. The van der Waals surface area contributed by atoms with Gasteiger partial charge >= 0.3 is 0 Å². The Bertz CT molecular complexity index is 577. The Morgan fingerprint density at radius 2 is 2.00 bits per heavy atom. The average molecular weight is 318 g/mol. The first-order valence-corrected chi connectivity index (χ1v) is 7.97. The molecule has 3 rings (SSSR count). The molecule has 1 saturated heterocycles. The van der Waals surface area contributed by atoms with Gasteiger partial charge in [-0.25, -0.2) is 4.98 Å². The molecule has 1 saturated carbocycles. The van der Waals surface area contributed by atoms with Crippen molar-refractivity contribution in [2.24, 2.45) is 5.92 Å². The van der Waals surface area contributed by atoms with Crippen LogP contribution in [-0.4, -0.2) is 42.6 Å². The van der Waals surface area contributed by atoms with Gasteiger partial charge in [0.05, 0.1) is 11.9 Å². The molecule has 0 bridgehead atoms. The molecule has 1 aliphatic carbocycles. The quantitative estimate of drug-likeness (QED) is 0.757. The van der Waals surface area contributed by atoms with E-state index in [9.17, 15) is 9.59 Å². The zero-order valence-electron chi connectivity index (χ0n) is 13.2. The highest BCUT2D eigenvalue weighted by Crippen LogP contribution is 2.30. The van der Waals surface area contributed by atoms with Gasteiger partial charge in [0.2, 0.25) is 5.91 Å². The number of anilines is 2. The van der Waals surface area contributed by atoms with Gasteiger partial charge < -0.3 is 20.7 Å². The van der Waals surface area contributed by atoms with Crippen molar-refractivity contribution >= 4 is 23.3 Å². The minimum atomic E-state index is -0.788. The molecule has 3 N–H and O–H groups in total. The lowest BCUT2D eigenvalue weighted by molar-refractivity contribution is -0.140. The maximum Gasteiger partial charge on any atom is 0.256 e. The van der Waals surface area contributed by atoms with Gasteiger partial charge in [0.25, 0.3) is 5.91 Å². The average Bonchev–Trinajstić information content (AvgIpc) is 3.42. The summed E-state index contributed by atoms with van der Waals surface area (Å²) in [7, 11) is 1.57. The fraction of sp³-hybridized carbons (Fsp3) is 0.562. The van der Waals surface area contributed by atoms with Gasteiger partial charge in [-0.3, -0.25) is 9.59 Å². The van der Waals surface area contributed by atoms with Crippen molar-refractivity contribution in [3.05, 3.63) is 18.3 Å². The number of hydrogen-bond donors (Lipinski definition) is 3. The van der Waals surface area contributed by atoms with E-state index < -0.39 is 5.60 Å². The summed E-state index contributed by atoms with van der Waals surface area (Å²) in [5.41, 5.74) is -0.196. The van der Waals surface area contributed by atoms with E-state index in [-0.39, 0.29) is 17.7 Å². The summed E-state index contributed by atoms with van der Waals surface area (Å²) >= 11 is 0. The molecule has 0 atom stereocenters. The second kappa shape index (κ2) is 6.64. The number of carbonyl (C=O) groups is 2. The first-order chi connectivity index (χ1) is 11.1. The molecule has 1 aromatic rings. The lowest BCUT2D eigenvalue weighted by Crippen LogP contribution is -2.51. The minimum absolute atomic E-state index is 0.0160. The van der Waals surface area contributed by atoms with Crippen LogP contribution in [-0.2, 0) is 14.3 Å². The molecular formula is C16H22N4O3. The van der Waals surface area contributed by atoms with Crippen LogP contribution in [0.5, 0.6) is 0 Å². The Morgan fingerprint density at radius 1 is 1.26 bits per heavy atom. The van der Waals surface area contributed by atoms with Gasteiger partial charge in [-0.15, -0.1) is 0 Å². The Kier molecular flexibility index (Phi) is 4.58. The molecule has 2 heterocycles. The van der Waals surface area contributed by atoms with Crippen LogP contribution in [0.2, 0.25) is 0 Å². The standard InChI is InChI=1S/C16H22N4O3/c1-23-16(6-8-17-9-7-16)15(22)19-12-4-5-13(18-10-12)20-14(21)11-2-3-11/h4-5,10-11,17H,2-3,6-9H2,1H3,(H,19,22)(H,18,20,21). The van der Waals surface area contributed by atoms with E-state index in [4.69, 9.17) is 4.74 Å². The highest BCUT2D eigenvalue weighted by atomic mass is 16.5. The number of aromatic nitrogens is 1. The van der Waals surface area contributed by atoms with Gasteiger partial charge in [-0.05, 0) is 50.9 Å². The van der Waals surface area contributed by atoms with E-state index in [1.165, 1.54) is 0 Å². The van der Waals surface area contributed by atoms with Crippen LogP contribution in [0.1, 0.15) is 25.7 Å². The molecule has 0 spiro atoms. The molecule has 2 aliphatic rings. The van der Waals surface area contributed by atoms with Crippen molar-refractivity contribution in [2.75, 3.05) is 30.8 Å². The van der Waals surface area contributed by atoms with Crippen molar-refractivity contribution in [3.8, 4) is 0 Å². The van der Waals surface area contributed by atoms with Crippen LogP contribution in [0.25, 0.3) is 0 Å². The Morgan fingerprint density at radius 3 is 2.57 bits per heavy atom. The Balaban J connectivity index is 1.60. The number of amides is 2. The minimum Gasteiger partial charge on any atom is -0.368 e. The van der Waals surface area contributed by atoms with Gasteiger partial charge in [0, 0.05) is 13.0 Å². The molecule has 0 radical (unpaired) electrons. The van der Waals surface area contributed by atoms with Crippen molar-refractivity contribution in [3.63, 3.8) is 0 Å². The maximum absolute atomic E-state index is 12.5. The molecule has 1 aliphatic heterocycles. The lowest BCUT2D eigenvalue weighted by atomic mass is 9.91. The number of hydrogen-bond acceptors (Lipinski definition) is 5. The van der Waals surface area contributed by atoms with Crippen LogP contribution in [0.4, 0.5) is 11.5 Å². The van der Waals surface area contributed by atoms with E-state index in [1.54, 1.807) is 25.4 Å². The number of nitrogens with one attached hydrogen (secondary N) is 3. The highest BCUT2D eigenvalue weighted by Gasteiger charge is 2.39. The smallest absolute Gasteiger partial charge is 0.256 e. The fourth-order valence-corrected chi connectivity index (χ4v) is 2.72. The molecule has 0 aromatic carbocycles. The van der Waals surface area contributed by atoms with E-state index in [0.29, 0.717) is 24.3 Å². The topological polar surface area (TPSA) is 92.4 Å². The van der Waals surface area contributed by atoms with Crippen LogP contribution in [0, 0.1) is 5.92 Å². The Hall–Kier alpha value is -1.99. The Labute approximate surface area is 135 Å². The largest absolute Gasteiger partial charge is 0.368 e. The third-order valence-electron chi connectivity index (χ3n) is 4.44. The zero-order valence-corrected chi connectivity index (χ0v) is 13.2. The van der Waals surface area contributed by atoms with Crippen LogP contribution < -0.4 is 16.0 Å². The van der Waals surface area contributed by atoms with Gasteiger partial charge in [-0.1, -0.05) is 0 Å². The van der Waals surface area contributed by atoms with Crippen molar-refractivity contribution < 1.29 is 14.3 Å². The van der Waals surface area contributed by atoms with E-state index in [2.05, 4.69) is 20.9 Å². The van der Waals surface area contributed by atoms with Crippen molar-refractivity contribution in [1.29, 1.82) is 0 Å². The molecule has 23 heavy (non-hydrogen) atoms. The summed E-state index contributed by atoms with van der Waals surface area (Å²) in [5, 5.41) is 8.84. The normalized spacial score (nSPS) is 19.9. The summed E-state index contributed by atoms with van der Waals surface area (Å²) in [4.78, 5) is 28.4. The lowest BCUT2D eigenvalue weighted by Gasteiger charge is -2.34. The van der Waals surface area contributed by atoms with Gasteiger partial charge in [-0.2, -0.15) is 0 Å². The molecular weight excluding hydrogens is 296 g/mol. The molecule has 0 unspecified atom stereocenters. The van der Waals surface area contributed by atoms with Gasteiger partial charge in [0.15, 0.2) is 0 Å². The fourth-order valence-electron chi connectivity index (χ4n) is 2.72. The zero-order chi connectivity index (χ0) is 16.3. The molecule has 2 amide bonds. The number of carbonyl (C=O) groups excluding carboxylic acids is 2. The SMILES string of the molecule is COC1(C(=O)Nc2ccc(NC(=O)C3CC3)nc2)CCNCC1. The first-order valence-electron chi connectivity index (χ1n) is 7.97. The number of ether oxygens (including phenoxy) is 1. The number of methoxy groups -OCH3 is 1. The monoisotopic (exact) mass is 318 g/mol. The second-order valence-corrected chi connectivity index (χ2v) is 6.10. The summed E-state index contributed by atoms with van der Waals surface area (Å²) < 4.78 is 5.49. The maximum atomic E-state index is 12.5. The molecule has 7 heteroatoms. The first kappa shape index (κ1) is 15.9. The van der Waals surface area contributed by atoms with E-state index >= 15 is 0 Å². The summed E-state index contributed by atoms with van der Waals surface area (Å²) in [6, 6.07) is 3.43. The van der Waals surface area contributed by atoms with E-state index in [0.717, 1.165) is 25.9 Å². The number of pyridine rings is 1. The predicted molar refractivity (Wildman–Crippen MR) is 86.1 cm³/mol. The second-order valence-electron chi connectivity index (χ2n) is 6.10. The van der Waals surface area contributed by atoms with Crippen molar-refractivity contribution in [2.45, 2.75) is 31.3 Å². The molecule has 124 valence electrons. The molecule has 7 nitrogen and oxygen atoms in total. The van der Waals surface area contributed by atoms with Crippen molar-refractivity contribution in [1.82, 2.24) is 10.3 Å². The summed E-state index contributed by atoms with van der Waals surface area (Å²) in [6.45, 7) is 1.51. The van der Waals surface area contributed by atoms with Crippen LogP contribution >= 0.6 is 0 Å². The van der Waals surface area contributed by atoms with E-state index in [1.807, 2.05) is 0 Å². The predicted octanol–water partition coefficient (Wildman–Crippen LogP) is 1.14. The van der Waals surface area contributed by atoms with Crippen LogP contribution in [0.15, 0.2) is 18.3 Å².